The van der Waals surface area contributed by atoms with Gasteiger partial charge in [-0.15, -0.1) is 0 Å². The van der Waals surface area contributed by atoms with Crippen LogP contribution in [0.2, 0.25) is 0 Å². The molecule has 3 aromatic rings. The molecule has 154 valence electrons. The van der Waals surface area contributed by atoms with Gasteiger partial charge < -0.3 is 9.32 Å². The summed E-state index contributed by atoms with van der Waals surface area (Å²) in [4.78, 5) is 40.3. The zero-order chi connectivity index (χ0) is 22.1. The predicted octanol–water partition coefficient (Wildman–Crippen LogP) is 4.59. The Morgan fingerprint density at radius 3 is 2.29 bits per heavy atom. The fourth-order valence-corrected chi connectivity index (χ4v) is 3.59. The van der Waals surface area contributed by atoms with Crippen molar-refractivity contribution in [1.29, 1.82) is 0 Å². The van der Waals surface area contributed by atoms with E-state index in [9.17, 15) is 14.4 Å². The maximum Gasteiger partial charge on any atom is 0.197 e. The third-order valence-electron chi connectivity index (χ3n) is 5.34. The van der Waals surface area contributed by atoms with E-state index in [0.29, 0.717) is 33.4 Å². The monoisotopic (exact) mass is 411 g/mol. The fourth-order valence-electron chi connectivity index (χ4n) is 3.59. The lowest BCUT2D eigenvalue weighted by Crippen LogP contribution is -2.17. The molecule has 0 spiro atoms. The lowest BCUT2D eigenvalue weighted by atomic mass is 9.89. The summed E-state index contributed by atoms with van der Waals surface area (Å²) in [5.41, 5.74) is 2.75. The zero-order valence-electron chi connectivity index (χ0n) is 17.5. The van der Waals surface area contributed by atoms with Gasteiger partial charge in [0.2, 0.25) is 0 Å². The number of fused-ring (bicyclic) bond motifs is 1. The van der Waals surface area contributed by atoms with E-state index in [1.165, 1.54) is 18.2 Å². The number of para-hydroxylation sites is 1. The number of furan rings is 1. The molecule has 1 aliphatic rings. The first-order valence-electron chi connectivity index (χ1n) is 9.86. The first kappa shape index (κ1) is 20.3. The molecule has 0 N–H and O–H groups in total. The first-order chi connectivity index (χ1) is 14.9. The molecule has 5 heteroatoms. The van der Waals surface area contributed by atoms with Gasteiger partial charge in [0.1, 0.15) is 11.3 Å². The van der Waals surface area contributed by atoms with E-state index in [1.807, 2.05) is 50.2 Å². The van der Waals surface area contributed by atoms with Crippen molar-refractivity contribution in [1.82, 2.24) is 4.90 Å². The van der Waals surface area contributed by atoms with Gasteiger partial charge in [0.25, 0.3) is 0 Å². The second-order valence-electron chi connectivity index (χ2n) is 7.51. The van der Waals surface area contributed by atoms with Crippen LogP contribution in [0.5, 0.6) is 0 Å². The summed E-state index contributed by atoms with van der Waals surface area (Å²) >= 11 is 0. The summed E-state index contributed by atoms with van der Waals surface area (Å²) in [6.45, 7) is 1.83. The van der Waals surface area contributed by atoms with Gasteiger partial charge >= 0.3 is 0 Å². The van der Waals surface area contributed by atoms with Crippen LogP contribution in [0, 0.1) is 0 Å². The summed E-state index contributed by atoms with van der Waals surface area (Å²) in [5.74, 6) is -0.528. The molecule has 2 aromatic carbocycles. The molecular formula is C26H21NO4. The predicted molar refractivity (Wildman–Crippen MR) is 120 cm³/mol. The lowest BCUT2D eigenvalue weighted by Gasteiger charge is -2.20. The maximum atomic E-state index is 13.6. The smallest absolute Gasteiger partial charge is 0.197 e. The van der Waals surface area contributed by atoms with Crippen molar-refractivity contribution < 1.29 is 18.8 Å². The Kier molecular flexibility index (Phi) is 5.26. The Bertz CT molecular complexity index is 1300. The second kappa shape index (κ2) is 8.03. The number of hydrogen-bond acceptors (Lipinski definition) is 5. The quantitative estimate of drug-likeness (QED) is 0.454. The third kappa shape index (κ3) is 3.66. The number of benzene rings is 2. The molecule has 1 aliphatic carbocycles. The summed E-state index contributed by atoms with van der Waals surface area (Å²) in [5, 5.41) is 0.654. The number of nitrogens with zero attached hydrogens (tertiary/aromatic N) is 1. The Balaban J connectivity index is 2.05. The van der Waals surface area contributed by atoms with Crippen LogP contribution in [0.15, 0.2) is 88.5 Å². The van der Waals surface area contributed by atoms with Gasteiger partial charge in [-0.3, -0.25) is 14.4 Å². The van der Waals surface area contributed by atoms with E-state index in [2.05, 4.69) is 0 Å². The van der Waals surface area contributed by atoms with Crippen LogP contribution in [0.25, 0.3) is 16.5 Å². The summed E-state index contributed by atoms with van der Waals surface area (Å²) in [6.07, 6.45) is 3.79. The number of rotatable bonds is 5. The Morgan fingerprint density at radius 2 is 1.58 bits per heavy atom. The molecule has 1 heterocycles. The highest BCUT2D eigenvalue weighted by Crippen LogP contribution is 2.38. The molecule has 1 aromatic heterocycles. The van der Waals surface area contributed by atoms with Crippen LogP contribution in [-0.2, 0) is 9.59 Å². The van der Waals surface area contributed by atoms with Crippen LogP contribution in [-0.4, -0.2) is 36.3 Å². The highest BCUT2D eigenvalue weighted by molar-refractivity contribution is 6.27. The van der Waals surface area contributed by atoms with E-state index in [0.717, 1.165) is 0 Å². The Labute approximate surface area is 180 Å². The van der Waals surface area contributed by atoms with Gasteiger partial charge in [-0.2, -0.15) is 0 Å². The van der Waals surface area contributed by atoms with E-state index in [-0.39, 0.29) is 28.7 Å². The largest absolute Gasteiger partial charge is 0.455 e. The van der Waals surface area contributed by atoms with Gasteiger partial charge in [0.05, 0.1) is 5.56 Å². The molecule has 4 rings (SSSR count). The van der Waals surface area contributed by atoms with Gasteiger partial charge in [-0.05, 0) is 31.2 Å². The molecule has 0 radical (unpaired) electrons. The minimum atomic E-state index is -0.311. The van der Waals surface area contributed by atoms with Gasteiger partial charge in [0.15, 0.2) is 17.3 Å². The number of carbonyl (C=O) groups is 3. The van der Waals surface area contributed by atoms with Crippen LogP contribution < -0.4 is 0 Å². The molecule has 0 fully saturated rings. The van der Waals surface area contributed by atoms with Crippen molar-refractivity contribution in [3.05, 3.63) is 101 Å². The Hall–Kier alpha value is -3.99. The van der Waals surface area contributed by atoms with Crippen LogP contribution in [0.1, 0.15) is 28.6 Å². The van der Waals surface area contributed by atoms with Crippen LogP contribution in [0.3, 0.4) is 0 Å². The van der Waals surface area contributed by atoms with E-state index < -0.39 is 0 Å². The average molecular weight is 411 g/mol. The molecule has 0 atom stereocenters. The van der Waals surface area contributed by atoms with Gasteiger partial charge in [-0.25, -0.2) is 0 Å². The topological polar surface area (TPSA) is 67.6 Å². The molecule has 0 amide bonds. The summed E-state index contributed by atoms with van der Waals surface area (Å²) in [6, 6.07) is 16.2. The van der Waals surface area contributed by atoms with Crippen LogP contribution >= 0.6 is 0 Å². The van der Waals surface area contributed by atoms with Crippen molar-refractivity contribution in [2.24, 2.45) is 0 Å². The molecule has 0 aliphatic heterocycles. The molecule has 5 nitrogen and oxygen atoms in total. The summed E-state index contributed by atoms with van der Waals surface area (Å²) in [7, 11) is 3.67. The van der Waals surface area contributed by atoms with Crippen molar-refractivity contribution in [3.63, 3.8) is 0 Å². The SMILES string of the molecule is C/C(=C(/C1=CC(=O)C=CC1=O)c1oc2ccccc2c1C(=O)c1ccccc1)N(C)C. The number of allylic oxidation sites excluding steroid dienone is 6. The first-order valence-corrected chi connectivity index (χ1v) is 9.86. The van der Waals surface area contributed by atoms with E-state index in [1.54, 1.807) is 30.3 Å². The molecule has 0 unspecified atom stereocenters. The van der Waals surface area contributed by atoms with Crippen molar-refractivity contribution in [3.8, 4) is 0 Å². The van der Waals surface area contributed by atoms with E-state index >= 15 is 0 Å². The van der Waals surface area contributed by atoms with Crippen molar-refractivity contribution in [2.45, 2.75) is 6.92 Å². The molecule has 0 saturated carbocycles. The minimum absolute atomic E-state index is 0.208. The standard InChI is InChI=1S/C26H21NO4/c1-16(27(2)3)23(20-15-18(28)13-14-21(20)29)26-24(19-11-7-8-12-22(19)31-26)25(30)17-9-5-4-6-10-17/h4-15H,1-3H3/b23-16+. The zero-order valence-corrected chi connectivity index (χ0v) is 17.5. The molecule has 31 heavy (non-hydrogen) atoms. The maximum absolute atomic E-state index is 13.6. The molecular weight excluding hydrogens is 390 g/mol. The second-order valence-corrected chi connectivity index (χ2v) is 7.51. The number of hydrogen-bond donors (Lipinski definition) is 0. The summed E-state index contributed by atoms with van der Waals surface area (Å²) < 4.78 is 6.18. The van der Waals surface area contributed by atoms with Crippen LogP contribution in [0.4, 0.5) is 0 Å². The van der Waals surface area contributed by atoms with E-state index in [4.69, 9.17) is 4.42 Å². The number of ketones is 3. The highest BCUT2D eigenvalue weighted by atomic mass is 16.3. The van der Waals surface area contributed by atoms with Gasteiger partial charge in [-0.1, -0.05) is 48.5 Å². The molecule has 0 bridgehead atoms. The minimum Gasteiger partial charge on any atom is -0.455 e. The molecule has 0 saturated heterocycles. The van der Waals surface area contributed by atoms with Crippen molar-refractivity contribution >= 4 is 33.9 Å². The third-order valence-corrected chi connectivity index (χ3v) is 5.34. The van der Waals surface area contributed by atoms with Crippen molar-refractivity contribution in [2.75, 3.05) is 14.1 Å². The lowest BCUT2D eigenvalue weighted by molar-refractivity contribution is -0.114. The Morgan fingerprint density at radius 1 is 0.903 bits per heavy atom. The fraction of sp³-hybridized carbons (Fsp3) is 0.115. The normalized spacial score (nSPS) is 14.5. The number of carbonyl (C=O) groups excluding carboxylic acids is 3. The van der Waals surface area contributed by atoms with Gasteiger partial charge in [0, 0.05) is 41.9 Å². The highest BCUT2D eigenvalue weighted by Gasteiger charge is 2.30. The average Bonchev–Trinajstić information content (AvgIpc) is 3.15.